The number of rotatable bonds is 17. The Morgan fingerprint density at radius 3 is 2.02 bits per heavy atom. The molecule has 0 amide bonds. The zero-order valence-corrected chi connectivity index (χ0v) is 37.1. The van der Waals surface area contributed by atoms with Gasteiger partial charge in [0.2, 0.25) is 5.69 Å². The number of fused-ring (bicyclic) bond motifs is 2. The summed E-state index contributed by atoms with van der Waals surface area (Å²) in [5, 5.41) is 9.24. The van der Waals surface area contributed by atoms with Crippen molar-refractivity contribution in [2.45, 2.75) is 74.0 Å². The molecule has 0 bridgehead atoms. The third-order valence-corrected chi connectivity index (χ3v) is 14.4. The van der Waals surface area contributed by atoms with E-state index < -0.39 is 51.9 Å². The monoisotopic (exact) mass is 905 g/mol. The first-order chi connectivity index (χ1) is 27.6. The summed E-state index contributed by atoms with van der Waals surface area (Å²) < 4.78 is 82.7. The molecule has 15 nitrogen and oxygen atoms in total. The average molecular weight is 906 g/mol. The fourth-order valence-corrected chi connectivity index (χ4v) is 9.92. The molecule has 3 aromatic carbocycles. The topological polar surface area (TPSA) is 250 Å². The highest BCUT2D eigenvalue weighted by atomic mass is 32.2. The number of carboxylic acid groups (broad SMARTS) is 1. The second-order valence-corrected chi connectivity index (χ2v) is 22.7. The number of anilines is 1. The van der Waals surface area contributed by atoms with E-state index in [2.05, 4.69) is 5.87 Å². The van der Waals surface area contributed by atoms with Crippen molar-refractivity contribution in [3.63, 3.8) is 0 Å². The van der Waals surface area contributed by atoms with E-state index in [4.69, 9.17) is 0 Å². The van der Waals surface area contributed by atoms with Gasteiger partial charge in [-0.1, -0.05) is 44.2 Å². The molecular formula is C41H51N2O13P2S2+. The highest BCUT2D eigenvalue weighted by Gasteiger charge is 2.45. The molecule has 1 atom stereocenters. The molecule has 60 heavy (non-hydrogen) atoms. The molecule has 0 saturated carbocycles. The summed E-state index contributed by atoms with van der Waals surface area (Å²) in [6.45, 7) is 7.96. The summed E-state index contributed by atoms with van der Waals surface area (Å²) in [6.07, 6.45) is 7.10. The Labute approximate surface area is 350 Å². The molecule has 0 aromatic heterocycles. The van der Waals surface area contributed by atoms with Crippen molar-refractivity contribution in [1.82, 2.24) is 0 Å². The standard InChI is InChI=1S/C41H50N2O13P2S2/c1-40(2)33-26-31(59(5,52)53)15-17-35(33)42(22-6-24-57(46,47)48)37(40)19-13-30(29-11-8-28(9-12-29)10-21-39(44)45)14-20-38-41(3,4)34-27-32(60(54,55)56)16-18-36(34)43(38)23-7-25-58(49,50)51/h8-9,11-20,26-27H,5-7,10,21-25H2,1-4H3,(H6-,44,45,46,47,48,49,50,51,52,53,54,55,56)/p+1. The molecule has 3 aromatic rings. The van der Waals surface area contributed by atoms with Gasteiger partial charge in [0.05, 0.1) is 27.5 Å². The first-order valence-electron chi connectivity index (χ1n) is 18.9. The molecule has 2 heterocycles. The number of nitrogens with zero attached hydrogens (tertiary/aromatic N) is 2. The van der Waals surface area contributed by atoms with Gasteiger partial charge in [-0.15, -0.1) is 0 Å². The number of aliphatic carboxylic acids is 1. The predicted octanol–water partition coefficient (Wildman–Crippen LogP) is 6.33. The number of hydrogen-bond donors (Lipinski definition) is 7. The van der Waals surface area contributed by atoms with Crippen molar-refractivity contribution in [2.75, 3.05) is 30.3 Å². The Kier molecular flexibility index (Phi) is 13.7. The predicted molar refractivity (Wildman–Crippen MR) is 233 cm³/mol. The van der Waals surface area contributed by atoms with Gasteiger partial charge in [0, 0.05) is 53.9 Å². The van der Waals surface area contributed by atoms with Gasteiger partial charge < -0.3 is 34.1 Å². The van der Waals surface area contributed by atoms with E-state index in [1.54, 1.807) is 18.2 Å². The van der Waals surface area contributed by atoms with Gasteiger partial charge in [0.25, 0.3) is 10.1 Å². The van der Waals surface area contributed by atoms with Crippen molar-refractivity contribution in [3.8, 4) is 0 Å². The van der Waals surface area contributed by atoms with Crippen LogP contribution in [0.25, 0.3) is 5.57 Å². The van der Waals surface area contributed by atoms with Crippen LogP contribution in [0, 0.1) is 0 Å². The Morgan fingerprint density at radius 1 is 0.833 bits per heavy atom. The van der Waals surface area contributed by atoms with Gasteiger partial charge in [-0.25, -0.2) is 4.21 Å². The van der Waals surface area contributed by atoms with E-state index in [0.29, 0.717) is 40.2 Å². The van der Waals surface area contributed by atoms with Gasteiger partial charge in [-0.05, 0) is 97.3 Å². The van der Waals surface area contributed by atoms with Gasteiger partial charge in [0.15, 0.2) is 5.71 Å². The normalized spacial score (nSPS) is 18.3. The van der Waals surface area contributed by atoms with Crippen molar-refractivity contribution >= 4 is 69.6 Å². The van der Waals surface area contributed by atoms with E-state index in [0.717, 1.165) is 16.8 Å². The summed E-state index contributed by atoms with van der Waals surface area (Å²) in [4.78, 5) is 51.5. The highest BCUT2D eigenvalue weighted by Crippen LogP contribution is 2.49. The second-order valence-electron chi connectivity index (χ2n) is 16.0. The summed E-state index contributed by atoms with van der Waals surface area (Å²) in [5.41, 5.74) is 4.44. The van der Waals surface area contributed by atoms with Crippen molar-refractivity contribution < 1.29 is 64.9 Å². The lowest BCUT2D eigenvalue weighted by Gasteiger charge is -2.27. The number of hydrogen-bond acceptors (Lipinski definition) is 7. The fraction of sp³-hybridized carbons (Fsp3) is 0.341. The smallest absolute Gasteiger partial charge is 0.325 e. The SMILES string of the molecule is C=S(=O)(O)c1ccc2c(c1)C(C)(C)C(/C=C/C(=C/C=C1/N(CCCP(=O)(O)O)c3ccc(S(=O)(=O)O)cc3C1(C)C)c1ccc(CCC(=O)O)cc1)=[N+]2CCCP(=O)(O)O. The molecule has 2 aliphatic heterocycles. The van der Waals surface area contributed by atoms with Crippen LogP contribution in [0.1, 0.15) is 69.2 Å². The maximum absolute atomic E-state index is 12.6. The van der Waals surface area contributed by atoms with Gasteiger partial charge in [0.1, 0.15) is 16.3 Å². The second kappa shape index (κ2) is 17.4. The third-order valence-electron chi connectivity index (χ3n) is 10.8. The molecule has 0 aliphatic carbocycles. The minimum atomic E-state index is -4.56. The maximum Gasteiger partial charge on any atom is 0.325 e. The summed E-state index contributed by atoms with van der Waals surface area (Å²) >= 11 is 0. The lowest BCUT2D eigenvalue weighted by atomic mass is 9.81. The summed E-state index contributed by atoms with van der Waals surface area (Å²) in [6, 6.07) is 16.3. The molecule has 0 fully saturated rings. The van der Waals surface area contributed by atoms with Crippen LogP contribution in [-0.2, 0) is 51.1 Å². The zero-order valence-electron chi connectivity index (χ0n) is 33.6. The van der Waals surface area contributed by atoms with Crippen LogP contribution in [0.2, 0.25) is 0 Å². The van der Waals surface area contributed by atoms with E-state index in [9.17, 15) is 60.3 Å². The van der Waals surface area contributed by atoms with E-state index in [1.165, 1.54) is 18.2 Å². The summed E-state index contributed by atoms with van der Waals surface area (Å²) in [7, 11) is -16.8. The molecular weight excluding hydrogens is 855 g/mol. The van der Waals surface area contributed by atoms with Crippen LogP contribution < -0.4 is 4.90 Å². The quantitative estimate of drug-likeness (QED) is 0.0257. The molecule has 1 unspecified atom stereocenters. The number of carboxylic acids is 1. The van der Waals surface area contributed by atoms with Crippen LogP contribution in [0.4, 0.5) is 11.4 Å². The Hall–Kier alpha value is -3.99. The lowest BCUT2D eigenvalue weighted by Crippen LogP contribution is -2.28. The van der Waals surface area contributed by atoms with E-state index >= 15 is 0 Å². The lowest BCUT2D eigenvalue weighted by molar-refractivity contribution is -0.437. The van der Waals surface area contributed by atoms with Crippen LogP contribution in [0.5, 0.6) is 0 Å². The zero-order chi connectivity index (χ0) is 44.6. The number of allylic oxidation sites excluding steroid dienone is 6. The van der Waals surface area contributed by atoms with E-state index in [-0.39, 0.29) is 54.5 Å². The molecule has 19 heteroatoms. The molecule has 0 radical (unpaired) electrons. The molecule has 2 aliphatic rings. The molecule has 0 spiro atoms. The van der Waals surface area contributed by atoms with Gasteiger partial charge in [-0.2, -0.15) is 13.0 Å². The third kappa shape index (κ3) is 11.1. The number of carbonyl (C=O) groups is 1. The first-order valence-corrected chi connectivity index (χ1v) is 25.6. The van der Waals surface area contributed by atoms with Crippen LogP contribution >= 0.6 is 15.2 Å². The van der Waals surface area contributed by atoms with E-state index in [1.807, 2.05) is 85.7 Å². The number of aryl methyl sites for hydroxylation is 1. The average Bonchev–Trinajstić information content (AvgIpc) is 3.46. The Balaban J connectivity index is 1.69. The minimum absolute atomic E-state index is 0.0618. The van der Waals surface area contributed by atoms with Crippen LogP contribution in [-0.4, -0.2) is 94.0 Å². The van der Waals surface area contributed by atoms with Gasteiger partial charge in [-0.3, -0.25) is 18.5 Å². The maximum atomic E-state index is 12.6. The van der Waals surface area contributed by atoms with Crippen molar-refractivity contribution in [1.29, 1.82) is 0 Å². The molecule has 324 valence electrons. The molecule has 7 N–H and O–H groups in total. The fourth-order valence-electron chi connectivity index (χ4n) is 7.72. The van der Waals surface area contributed by atoms with Crippen molar-refractivity contribution in [2.24, 2.45) is 0 Å². The molecule has 0 saturated heterocycles. The van der Waals surface area contributed by atoms with Crippen LogP contribution in [0.3, 0.4) is 0 Å². The minimum Gasteiger partial charge on any atom is -0.481 e. The first kappa shape index (κ1) is 47.1. The Bertz CT molecular complexity index is 2640. The highest BCUT2D eigenvalue weighted by molar-refractivity contribution is 7.95. The number of benzene rings is 3. The summed E-state index contributed by atoms with van der Waals surface area (Å²) in [5.74, 6) is 2.48. The largest absolute Gasteiger partial charge is 0.481 e. The molecule has 5 rings (SSSR count). The Morgan fingerprint density at radius 2 is 1.43 bits per heavy atom. The van der Waals surface area contributed by atoms with Crippen LogP contribution in [0.15, 0.2) is 100 Å². The van der Waals surface area contributed by atoms with Crippen molar-refractivity contribution in [3.05, 3.63) is 113 Å². The van der Waals surface area contributed by atoms with Gasteiger partial charge >= 0.3 is 21.2 Å².